The number of anilines is 1. The third-order valence-corrected chi connectivity index (χ3v) is 3.73. The van der Waals surface area contributed by atoms with Crippen LogP contribution in [-0.4, -0.2) is 18.7 Å². The summed E-state index contributed by atoms with van der Waals surface area (Å²) in [5.41, 5.74) is 1.41. The number of nitrogens with zero attached hydrogens (tertiary/aromatic N) is 1. The van der Waals surface area contributed by atoms with Crippen LogP contribution in [0.15, 0.2) is 53.0 Å². The van der Waals surface area contributed by atoms with Gasteiger partial charge in [-0.25, -0.2) is 4.39 Å². The first kappa shape index (κ1) is 15.0. The number of hydrogen-bond acceptors (Lipinski definition) is 2. The number of aliphatic hydroxyl groups is 1. The molecule has 106 valence electrons. The summed E-state index contributed by atoms with van der Waals surface area (Å²) in [6.45, 7) is 0.578. The predicted molar refractivity (Wildman–Crippen MR) is 83.4 cm³/mol. The Balaban J connectivity index is 1.97. The molecule has 1 atom stereocenters. The Morgan fingerprint density at radius 1 is 1.20 bits per heavy atom. The molecule has 1 N–H and O–H groups in total. The Morgan fingerprint density at radius 2 is 1.95 bits per heavy atom. The normalized spacial score (nSPS) is 12.2. The molecular weight excluding hydrogens is 321 g/mol. The number of para-hydroxylation sites is 1. The minimum Gasteiger partial charge on any atom is -0.388 e. The highest BCUT2D eigenvalue weighted by atomic mass is 79.9. The highest BCUT2D eigenvalue weighted by molar-refractivity contribution is 9.10. The topological polar surface area (TPSA) is 23.5 Å². The third kappa shape index (κ3) is 3.81. The molecule has 2 aromatic rings. The van der Waals surface area contributed by atoms with Gasteiger partial charge in [-0.05, 0) is 36.2 Å². The average Bonchev–Trinajstić information content (AvgIpc) is 2.45. The van der Waals surface area contributed by atoms with Crippen LogP contribution in [0.1, 0.15) is 18.1 Å². The van der Waals surface area contributed by atoms with Crippen LogP contribution in [0.2, 0.25) is 0 Å². The van der Waals surface area contributed by atoms with Crippen molar-refractivity contribution in [3.05, 3.63) is 64.4 Å². The van der Waals surface area contributed by atoms with Gasteiger partial charge in [-0.2, -0.15) is 0 Å². The Hall–Kier alpha value is -1.39. The zero-order valence-electron chi connectivity index (χ0n) is 11.3. The Labute approximate surface area is 127 Å². The molecule has 4 heteroatoms. The number of rotatable bonds is 5. The van der Waals surface area contributed by atoms with Gasteiger partial charge < -0.3 is 10.0 Å². The molecule has 0 heterocycles. The van der Waals surface area contributed by atoms with E-state index in [4.69, 9.17) is 0 Å². The van der Waals surface area contributed by atoms with E-state index < -0.39 is 6.10 Å². The van der Waals surface area contributed by atoms with E-state index in [1.807, 2.05) is 36.2 Å². The zero-order valence-corrected chi connectivity index (χ0v) is 12.8. The van der Waals surface area contributed by atoms with Crippen LogP contribution in [0.25, 0.3) is 0 Å². The smallest absolute Gasteiger partial charge is 0.146 e. The summed E-state index contributed by atoms with van der Waals surface area (Å²) in [5, 5.41) is 10.2. The number of hydrogen-bond donors (Lipinski definition) is 1. The minimum atomic E-state index is -0.554. The second kappa shape index (κ2) is 6.86. The van der Waals surface area contributed by atoms with Crippen LogP contribution in [-0.2, 0) is 0 Å². The molecule has 0 saturated carbocycles. The predicted octanol–water partition coefficient (Wildman–Crippen LogP) is 4.15. The van der Waals surface area contributed by atoms with E-state index in [0.717, 1.165) is 10.0 Å². The lowest BCUT2D eigenvalue weighted by Gasteiger charge is -2.21. The fourth-order valence-electron chi connectivity index (χ4n) is 2.08. The van der Waals surface area contributed by atoms with Gasteiger partial charge in [0.2, 0.25) is 0 Å². The average molecular weight is 338 g/mol. The molecule has 0 aromatic heterocycles. The lowest BCUT2D eigenvalue weighted by Crippen LogP contribution is -2.21. The van der Waals surface area contributed by atoms with Crippen LogP contribution >= 0.6 is 15.9 Å². The first-order chi connectivity index (χ1) is 9.58. The summed E-state index contributed by atoms with van der Waals surface area (Å²) in [4.78, 5) is 1.82. The summed E-state index contributed by atoms with van der Waals surface area (Å²) in [6, 6.07) is 14.2. The van der Waals surface area contributed by atoms with Gasteiger partial charge in [0.15, 0.2) is 0 Å². The van der Waals surface area contributed by atoms with Crippen molar-refractivity contribution in [3.63, 3.8) is 0 Å². The molecule has 2 nitrogen and oxygen atoms in total. The van der Waals surface area contributed by atoms with E-state index in [2.05, 4.69) is 15.9 Å². The first-order valence-electron chi connectivity index (χ1n) is 6.47. The fourth-order valence-corrected chi connectivity index (χ4v) is 2.50. The van der Waals surface area contributed by atoms with Crippen molar-refractivity contribution < 1.29 is 9.50 Å². The van der Waals surface area contributed by atoms with Crippen LogP contribution in [0, 0.1) is 5.82 Å². The molecule has 0 radical (unpaired) electrons. The van der Waals surface area contributed by atoms with Gasteiger partial charge in [0.1, 0.15) is 5.82 Å². The highest BCUT2D eigenvalue weighted by Gasteiger charge is 2.11. The van der Waals surface area contributed by atoms with Crippen LogP contribution in [0.4, 0.5) is 10.1 Å². The Kier molecular flexibility index (Phi) is 5.15. The van der Waals surface area contributed by atoms with Crippen molar-refractivity contribution in [1.29, 1.82) is 0 Å². The summed E-state index contributed by atoms with van der Waals surface area (Å²) >= 11 is 3.39. The second-order valence-electron chi connectivity index (χ2n) is 4.73. The molecule has 0 bridgehead atoms. The van der Waals surface area contributed by atoms with Crippen molar-refractivity contribution in [3.8, 4) is 0 Å². The van der Waals surface area contributed by atoms with E-state index >= 15 is 0 Å². The summed E-state index contributed by atoms with van der Waals surface area (Å²) in [7, 11) is 1.83. The van der Waals surface area contributed by atoms with E-state index in [1.54, 1.807) is 18.2 Å². The fraction of sp³-hybridized carbons (Fsp3) is 0.250. The molecule has 0 aliphatic rings. The van der Waals surface area contributed by atoms with Crippen molar-refractivity contribution in [1.82, 2.24) is 0 Å². The minimum absolute atomic E-state index is 0.244. The van der Waals surface area contributed by atoms with Gasteiger partial charge in [0.25, 0.3) is 0 Å². The van der Waals surface area contributed by atoms with Gasteiger partial charge in [-0.1, -0.05) is 40.2 Å². The van der Waals surface area contributed by atoms with Gasteiger partial charge in [-0.15, -0.1) is 0 Å². The Bertz CT molecular complexity index is 576. The number of halogens is 2. The molecule has 20 heavy (non-hydrogen) atoms. The summed E-state index contributed by atoms with van der Waals surface area (Å²) < 4.78 is 14.6. The molecule has 0 amide bonds. The van der Waals surface area contributed by atoms with Gasteiger partial charge in [0.05, 0.1) is 11.8 Å². The molecular formula is C16H17BrFNO. The molecule has 0 aliphatic carbocycles. The van der Waals surface area contributed by atoms with Crippen molar-refractivity contribution in [2.24, 2.45) is 0 Å². The van der Waals surface area contributed by atoms with Crippen LogP contribution < -0.4 is 4.90 Å². The number of benzene rings is 2. The largest absolute Gasteiger partial charge is 0.388 e. The van der Waals surface area contributed by atoms with Gasteiger partial charge in [-0.3, -0.25) is 0 Å². The van der Waals surface area contributed by atoms with E-state index in [-0.39, 0.29) is 5.82 Å². The van der Waals surface area contributed by atoms with Crippen molar-refractivity contribution >= 4 is 21.6 Å². The van der Waals surface area contributed by atoms with E-state index in [1.165, 1.54) is 6.07 Å². The molecule has 0 spiro atoms. The van der Waals surface area contributed by atoms with E-state index in [9.17, 15) is 9.50 Å². The standard InChI is InChI=1S/C16H17BrFNO/c1-19(15-8-3-2-7-14(15)18)10-9-16(20)12-5-4-6-13(17)11-12/h2-8,11,16,20H,9-10H2,1H3. The highest BCUT2D eigenvalue weighted by Crippen LogP contribution is 2.23. The molecule has 0 aliphatic heterocycles. The van der Waals surface area contributed by atoms with Gasteiger partial charge >= 0.3 is 0 Å². The first-order valence-corrected chi connectivity index (χ1v) is 7.26. The third-order valence-electron chi connectivity index (χ3n) is 3.24. The molecule has 0 saturated heterocycles. The maximum Gasteiger partial charge on any atom is 0.146 e. The quantitative estimate of drug-likeness (QED) is 0.885. The maximum absolute atomic E-state index is 13.6. The Morgan fingerprint density at radius 3 is 2.65 bits per heavy atom. The lowest BCUT2D eigenvalue weighted by atomic mass is 10.1. The molecule has 2 aromatic carbocycles. The van der Waals surface area contributed by atoms with E-state index in [0.29, 0.717) is 18.7 Å². The number of aliphatic hydroxyl groups excluding tert-OH is 1. The second-order valence-corrected chi connectivity index (χ2v) is 5.65. The van der Waals surface area contributed by atoms with Crippen molar-refractivity contribution in [2.75, 3.05) is 18.5 Å². The molecule has 2 rings (SSSR count). The van der Waals surface area contributed by atoms with Crippen molar-refractivity contribution in [2.45, 2.75) is 12.5 Å². The van der Waals surface area contributed by atoms with Gasteiger partial charge in [0, 0.05) is 18.1 Å². The van der Waals surface area contributed by atoms with Crippen LogP contribution in [0.5, 0.6) is 0 Å². The maximum atomic E-state index is 13.6. The molecule has 0 fully saturated rings. The summed E-state index contributed by atoms with van der Waals surface area (Å²) in [5.74, 6) is -0.244. The lowest BCUT2D eigenvalue weighted by molar-refractivity contribution is 0.169. The van der Waals surface area contributed by atoms with Crippen LogP contribution in [0.3, 0.4) is 0 Å². The molecule has 1 unspecified atom stereocenters. The summed E-state index contributed by atoms with van der Waals surface area (Å²) in [6.07, 6.45) is -0.0110. The monoisotopic (exact) mass is 337 g/mol. The zero-order chi connectivity index (χ0) is 14.5. The SMILES string of the molecule is CN(CCC(O)c1cccc(Br)c1)c1ccccc1F.